The molecule has 0 aliphatic rings. The summed E-state index contributed by atoms with van der Waals surface area (Å²) in [5.41, 5.74) is 4.40. The lowest BCUT2D eigenvalue weighted by atomic mass is 10.0. The van der Waals surface area contributed by atoms with Gasteiger partial charge in [0.15, 0.2) is 6.10 Å². The van der Waals surface area contributed by atoms with E-state index in [1.807, 2.05) is 51.1 Å². The number of rotatable bonds is 4. The zero-order chi connectivity index (χ0) is 18.8. The maximum atomic E-state index is 12.4. The predicted octanol–water partition coefficient (Wildman–Crippen LogP) is 4.54. The molecule has 3 aromatic rings. The van der Waals surface area contributed by atoms with E-state index in [1.54, 1.807) is 12.1 Å². The molecule has 1 amide bonds. The topological polar surface area (TPSA) is 68.5 Å². The number of amides is 1. The molecule has 26 heavy (non-hydrogen) atoms. The van der Waals surface area contributed by atoms with Crippen LogP contribution in [0.3, 0.4) is 0 Å². The van der Waals surface area contributed by atoms with Gasteiger partial charge in [0.25, 0.3) is 5.91 Å². The summed E-state index contributed by atoms with van der Waals surface area (Å²) in [4.78, 5) is 24.7. The monoisotopic (exact) mass is 351 g/mol. The van der Waals surface area contributed by atoms with Crippen molar-refractivity contribution in [2.75, 3.05) is 5.32 Å². The fourth-order valence-corrected chi connectivity index (χ4v) is 2.96. The summed E-state index contributed by atoms with van der Waals surface area (Å²) in [6, 6.07) is 12.9. The van der Waals surface area contributed by atoms with E-state index in [2.05, 4.69) is 5.32 Å². The van der Waals surface area contributed by atoms with Gasteiger partial charge in [-0.2, -0.15) is 0 Å². The number of nitrogens with one attached hydrogen (secondary N) is 1. The molecule has 0 spiro atoms. The van der Waals surface area contributed by atoms with Crippen LogP contribution in [0.4, 0.5) is 5.69 Å². The zero-order valence-corrected chi connectivity index (χ0v) is 15.3. The highest BCUT2D eigenvalue weighted by atomic mass is 16.6. The minimum absolute atomic E-state index is 0.0774. The largest absolute Gasteiger partial charge is 0.449 e. The molecule has 0 bridgehead atoms. The van der Waals surface area contributed by atoms with E-state index in [1.165, 1.54) is 6.92 Å². The molecular weight excluding hydrogens is 330 g/mol. The lowest BCUT2D eigenvalue weighted by Crippen LogP contribution is -2.30. The van der Waals surface area contributed by atoms with Crippen LogP contribution in [0.5, 0.6) is 0 Å². The highest BCUT2D eigenvalue weighted by Crippen LogP contribution is 2.23. The molecule has 0 radical (unpaired) electrons. The number of anilines is 1. The Morgan fingerprint density at radius 2 is 1.69 bits per heavy atom. The third-order valence-corrected chi connectivity index (χ3v) is 4.20. The summed E-state index contributed by atoms with van der Waals surface area (Å²) in [5.74, 6) is -0.973. The van der Waals surface area contributed by atoms with Gasteiger partial charge in [0.1, 0.15) is 5.58 Å². The molecule has 0 fully saturated rings. The van der Waals surface area contributed by atoms with Gasteiger partial charge in [0, 0.05) is 11.1 Å². The number of hydrogen-bond acceptors (Lipinski definition) is 4. The SMILES string of the molecule is Cc1cc(C)c(NC(=O)[C@H](C)OC(=O)c2cc3ccccc3o2)c(C)c1. The van der Waals surface area contributed by atoms with E-state index < -0.39 is 12.1 Å². The van der Waals surface area contributed by atoms with Gasteiger partial charge >= 0.3 is 5.97 Å². The number of benzene rings is 2. The lowest BCUT2D eigenvalue weighted by molar-refractivity contribution is -0.123. The molecule has 3 rings (SSSR count). The van der Waals surface area contributed by atoms with Gasteiger partial charge in [-0.1, -0.05) is 35.9 Å². The van der Waals surface area contributed by atoms with Gasteiger partial charge in [-0.05, 0) is 51.0 Å². The Hall–Kier alpha value is -3.08. The Kier molecular flexibility index (Phi) is 4.80. The third kappa shape index (κ3) is 3.61. The average molecular weight is 351 g/mol. The molecule has 0 aliphatic heterocycles. The van der Waals surface area contributed by atoms with Crippen molar-refractivity contribution in [2.45, 2.75) is 33.8 Å². The molecule has 0 unspecified atom stereocenters. The van der Waals surface area contributed by atoms with Crippen LogP contribution in [-0.4, -0.2) is 18.0 Å². The summed E-state index contributed by atoms with van der Waals surface area (Å²) in [6.45, 7) is 7.40. The molecule has 1 atom stereocenters. The number of esters is 1. The second kappa shape index (κ2) is 7.04. The minimum Gasteiger partial charge on any atom is -0.449 e. The summed E-state index contributed by atoms with van der Waals surface area (Å²) in [7, 11) is 0. The van der Waals surface area contributed by atoms with E-state index >= 15 is 0 Å². The number of hydrogen-bond donors (Lipinski definition) is 1. The average Bonchev–Trinajstić information content (AvgIpc) is 3.02. The van der Waals surface area contributed by atoms with Gasteiger partial charge in [0.05, 0.1) is 0 Å². The first-order valence-electron chi connectivity index (χ1n) is 8.43. The van der Waals surface area contributed by atoms with Crippen LogP contribution in [0.25, 0.3) is 11.0 Å². The van der Waals surface area contributed by atoms with Crippen LogP contribution >= 0.6 is 0 Å². The second-order valence-electron chi connectivity index (χ2n) is 6.46. The maximum Gasteiger partial charge on any atom is 0.375 e. The fraction of sp³-hybridized carbons (Fsp3) is 0.238. The van der Waals surface area contributed by atoms with Crippen molar-refractivity contribution in [3.8, 4) is 0 Å². The summed E-state index contributed by atoms with van der Waals surface area (Å²) in [6.07, 6.45) is -0.948. The summed E-state index contributed by atoms with van der Waals surface area (Å²) < 4.78 is 10.7. The smallest absolute Gasteiger partial charge is 0.375 e. The van der Waals surface area contributed by atoms with Gasteiger partial charge in [-0.15, -0.1) is 0 Å². The van der Waals surface area contributed by atoms with Crippen molar-refractivity contribution in [3.63, 3.8) is 0 Å². The van der Waals surface area contributed by atoms with E-state index in [0.717, 1.165) is 27.8 Å². The molecule has 1 heterocycles. The number of furan rings is 1. The van der Waals surface area contributed by atoms with E-state index in [-0.39, 0.29) is 11.7 Å². The van der Waals surface area contributed by atoms with Gasteiger partial charge in [-0.25, -0.2) is 4.79 Å². The minimum atomic E-state index is -0.948. The molecule has 0 aliphatic carbocycles. The van der Waals surface area contributed by atoms with Crippen molar-refractivity contribution < 1.29 is 18.7 Å². The fourth-order valence-electron chi connectivity index (χ4n) is 2.96. The third-order valence-electron chi connectivity index (χ3n) is 4.20. The van der Waals surface area contributed by atoms with Crippen LogP contribution in [-0.2, 0) is 9.53 Å². The van der Waals surface area contributed by atoms with Gasteiger partial charge in [0.2, 0.25) is 5.76 Å². The lowest BCUT2D eigenvalue weighted by Gasteiger charge is -2.16. The van der Waals surface area contributed by atoms with Crippen molar-refractivity contribution in [1.82, 2.24) is 0 Å². The van der Waals surface area contributed by atoms with E-state index in [4.69, 9.17) is 9.15 Å². The van der Waals surface area contributed by atoms with Crippen LogP contribution in [0.15, 0.2) is 46.9 Å². The van der Waals surface area contributed by atoms with Crippen molar-refractivity contribution in [1.29, 1.82) is 0 Å². The Balaban J connectivity index is 1.70. The molecule has 1 N–H and O–H groups in total. The number of aryl methyl sites for hydroxylation is 3. The summed E-state index contributed by atoms with van der Waals surface area (Å²) in [5, 5.41) is 3.65. The van der Waals surface area contributed by atoms with Crippen molar-refractivity contribution in [3.05, 3.63) is 64.9 Å². The quantitative estimate of drug-likeness (QED) is 0.701. The number of para-hydroxylation sites is 1. The second-order valence-corrected chi connectivity index (χ2v) is 6.46. The molecule has 2 aromatic carbocycles. The Labute approximate surface area is 152 Å². The molecule has 134 valence electrons. The predicted molar refractivity (Wildman–Crippen MR) is 100 cm³/mol. The molecular formula is C21H21NO4. The van der Waals surface area contributed by atoms with E-state index in [9.17, 15) is 9.59 Å². The highest BCUT2D eigenvalue weighted by molar-refractivity contribution is 5.98. The van der Waals surface area contributed by atoms with Crippen molar-refractivity contribution in [2.24, 2.45) is 0 Å². The van der Waals surface area contributed by atoms with E-state index in [0.29, 0.717) is 5.58 Å². The first-order chi connectivity index (χ1) is 12.3. The Bertz CT molecular complexity index is 931. The molecule has 5 heteroatoms. The van der Waals surface area contributed by atoms with Crippen molar-refractivity contribution >= 4 is 28.5 Å². The van der Waals surface area contributed by atoms with Gasteiger partial charge < -0.3 is 14.5 Å². The first-order valence-corrected chi connectivity index (χ1v) is 8.43. The van der Waals surface area contributed by atoms with Crippen LogP contribution < -0.4 is 5.32 Å². The van der Waals surface area contributed by atoms with Crippen LogP contribution in [0.1, 0.15) is 34.2 Å². The number of carbonyl (C=O) groups excluding carboxylic acids is 2. The number of fused-ring (bicyclic) bond motifs is 1. The summed E-state index contributed by atoms with van der Waals surface area (Å²) >= 11 is 0. The zero-order valence-electron chi connectivity index (χ0n) is 15.3. The van der Waals surface area contributed by atoms with Crippen LogP contribution in [0.2, 0.25) is 0 Å². The van der Waals surface area contributed by atoms with Gasteiger partial charge in [-0.3, -0.25) is 4.79 Å². The number of ether oxygens (including phenoxy) is 1. The normalized spacial score (nSPS) is 12.0. The Morgan fingerprint density at radius 1 is 1.04 bits per heavy atom. The van der Waals surface area contributed by atoms with Crippen LogP contribution in [0, 0.1) is 20.8 Å². The number of carbonyl (C=O) groups is 2. The molecule has 5 nitrogen and oxygen atoms in total. The Morgan fingerprint density at radius 3 is 2.35 bits per heavy atom. The standard InChI is InChI=1S/C21H21NO4/c1-12-9-13(2)19(14(3)10-12)22-20(23)15(4)25-21(24)18-11-16-7-5-6-8-17(16)26-18/h5-11,15H,1-4H3,(H,22,23)/t15-/m0/s1. The molecule has 0 saturated carbocycles. The molecule has 0 saturated heterocycles. The highest BCUT2D eigenvalue weighted by Gasteiger charge is 2.22. The maximum absolute atomic E-state index is 12.4. The molecule has 1 aromatic heterocycles. The first kappa shape index (κ1) is 17.7.